The van der Waals surface area contributed by atoms with Gasteiger partial charge in [0.2, 0.25) is 0 Å². The Morgan fingerprint density at radius 1 is 1.20 bits per heavy atom. The molecule has 2 aromatic carbocycles. The summed E-state index contributed by atoms with van der Waals surface area (Å²) in [4.78, 5) is 28.6. The number of rotatable bonds is 5. The lowest BCUT2D eigenvalue weighted by Crippen LogP contribution is -2.28. The number of carbonyl (C=O) groups excluding carboxylic acids is 1. The Bertz CT molecular complexity index is 1580. The van der Waals surface area contributed by atoms with Gasteiger partial charge in [0.05, 0.1) is 21.7 Å². The zero-order chi connectivity index (χ0) is 25.4. The van der Waals surface area contributed by atoms with Gasteiger partial charge < -0.3 is 14.9 Å². The molecule has 6 nitrogen and oxygen atoms in total. The fraction of sp³-hybridized carbons (Fsp3) is 0.222. The zero-order valence-electron chi connectivity index (χ0n) is 19.8. The van der Waals surface area contributed by atoms with Crippen LogP contribution in [0.4, 0.5) is 4.39 Å². The summed E-state index contributed by atoms with van der Waals surface area (Å²) < 4.78 is 15.9. The van der Waals surface area contributed by atoms with E-state index in [1.165, 1.54) is 12.1 Å². The molecule has 178 valence electrons. The summed E-state index contributed by atoms with van der Waals surface area (Å²) in [5.74, 6) is -1.01. The van der Waals surface area contributed by atoms with Crippen LogP contribution in [0.3, 0.4) is 0 Å². The van der Waals surface area contributed by atoms with Crippen LogP contribution in [0.1, 0.15) is 52.6 Å². The van der Waals surface area contributed by atoms with E-state index < -0.39 is 11.7 Å². The molecule has 0 aliphatic heterocycles. The Hall–Kier alpha value is -3.89. The largest absolute Gasteiger partial charge is 0.348 e. The number of carbonyl (C=O) groups is 1. The molecule has 0 radical (unpaired) electrons. The Kier molecular flexibility index (Phi) is 6.51. The van der Waals surface area contributed by atoms with Crippen LogP contribution < -0.4 is 10.9 Å². The molecule has 0 spiro atoms. The number of amides is 1. The molecule has 2 heterocycles. The van der Waals surface area contributed by atoms with E-state index in [9.17, 15) is 19.2 Å². The van der Waals surface area contributed by atoms with Gasteiger partial charge in [-0.2, -0.15) is 5.26 Å². The Morgan fingerprint density at radius 3 is 2.60 bits per heavy atom. The highest BCUT2D eigenvalue weighted by atomic mass is 35.5. The van der Waals surface area contributed by atoms with E-state index in [-0.39, 0.29) is 23.7 Å². The highest BCUT2D eigenvalue weighted by Gasteiger charge is 2.20. The first-order valence-electron chi connectivity index (χ1n) is 11.1. The molecule has 0 unspecified atom stereocenters. The monoisotopic (exact) mass is 490 g/mol. The maximum Gasteiger partial charge on any atom is 0.253 e. The molecule has 1 amide bonds. The summed E-state index contributed by atoms with van der Waals surface area (Å²) in [7, 11) is 0. The normalized spacial score (nSPS) is 11.1. The zero-order valence-corrected chi connectivity index (χ0v) is 20.5. The SMILES string of the molecule is Cc1cc(C)c(CNC(=O)c2cc(-c3ccc(F)c(C#N)c3)cc3c2c(Cl)cn3C(C)C)c(=O)[nH]1. The Labute approximate surface area is 207 Å². The minimum Gasteiger partial charge on any atom is -0.348 e. The smallest absolute Gasteiger partial charge is 0.253 e. The molecule has 4 aromatic rings. The number of halogens is 2. The van der Waals surface area contributed by atoms with Gasteiger partial charge in [-0.25, -0.2) is 4.39 Å². The van der Waals surface area contributed by atoms with E-state index in [1.54, 1.807) is 25.3 Å². The summed E-state index contributed by atoms with van der Waals surface area (Å²) in [5, 5.41) is 13.1. The molecule has 0 saturated carbocycles. The van der Waals surface area contributed by atoms with E-state index in [0.29, 0.717) is 32.7 Å². The van der Waals surface area contributed by atoms with Crippen LogP contribution >= 0.6 is 11.6 Å². The third-order valence-corrected chi connectivity index (χ3v) is 6.31. The molecular weight excluding hydrogens is 467 g/mol. The second kappa shape index (κ2) is 9.40. The molecule has 0 atom stereocenters. The van der Waals surface area contributed by atoms with E-state index in [4.69, 9.17) is 11.6 Å². The van der Waals surface area contributed by atoms with Crippen LogP contribution in [0.25, 0.3) is 22.0 Å². The van der Waals surface area contributed by atoms with Gasteiger partial charge in [0.25, 0.3) is 11.5 Å². The summed E-state index contributed by atoms with van der Waals surface area (Å²) >= 11 is 6.57. The van der Waals surface area contributed by atoms with Crippen LogP contribution in [0.5, 0.6) is 0 Å². The van der Waals surface area contributed by atoms with Gasteiger partial charge in [0.1, 0.15) is 11.9 Å². The number of benzene rings is 2. The van der Waals surface area contributed by atoms with Crippen LogP contribution in [0.2, 0.25) is 5.02 Å². The van der Waals surface area contributed by atoms with Crippen molar-refractivity contribution in [3.63, 3.8) is 0 Å². The molecule has 8 heteroatoms. The van der Waals surface area contributed by atoms with Gasteiger partial charge in [0.15, 0.2) is 0 Å². The molecule has 0 bridgehead atoms. The van der Waals surface area contributed by atoms with Gasteiger partial charge in [-0.05, 0) is 74.7 Å². The first kappa shape index (κ1) is 24.2. The number of aromatic amines is 1. The van der Waals surface area contributed by atoms with Gasteiger partial charge in [-0.15, -0.1) is 0 Å². The lowest BCUT2D eigenvalue weighted by Gasteiger charge is -2.14. The van der Waals surface area contributed by atoms with E-state index in [2.05, 4.69) is 10.3 Å². The van der Waals surface area contributed by atoms with Gasteiger partial charge >= 0.3 is 0 Å². The van der Waals surface area contributed by atoms with Crippen molar-refractivity contribution in [3.05, 3.63) is 91.7 Å². The van der Waals surface area contributed by atoms with Gasteiger partial charge in [-0.1, -0.05) is 17.7 Å². The average molecular weight is 491 g/mol. The highest BCUT2D eigenvalue weighted by Crippen LogP contribution is 2.36. The number of nitriles is 1. The summed E-state index contributed by atoms with van der Waals surface area (Å²) in [5.41, 5.74) is 3.96. The number of aromatic nitrogens is 2. The first-order chi connectivity index (χ1) is 16.6. The first-order valence-corrected chi connectivity index (χ1v) is 11.5. The van der Waals surface area contributed by atoms with E-state index in [0.717, 1.165) is 16.8 Å². The van der Waals surface area contributed by atoms with Crippen molar-refractivity contribution in [3.8, 4) is 17.2 Å². The second-order valence-electron chi connectivity index (χ2n) is 8.83. The number of hydrogen-bond donors (Lipinski definition) is 2. The van der Waals surface area contributed by atoms with Crippen molar-refractivity contribution < 1.29 is 9.18 Å². The highest BCUT2D eigenvalue weighted by molar-refractivity contribution is 6.37. The van der Waals surface area contributed by atoms with Gasteiger partial charge in [0, 0.05) is 35.4 Å². The lowest BCUT2D eigenvalue weighted by molar-refractivity contribution is 0.0952. The fourth-order valence-corrected chi connectivity index (χ4v) is 4.57. The number of hydrogen-bond acceptors (Lipinski definition) is 3. The second-order valence-corrected chi connectivity index (χ2v) is 9.24. The van der Waals surface area contributed by atoms with Crippen LogP contribution in [0, 0.1) is 31.0 Å². The van der Waals surface area contributed by atoms with Crippen molar-refractivity contribution in [1.82, 2.24) is 14.9 Å². The van der Waals surface area contributed by atoms with Crippen LogP contribution in [-0.2, 0) is 6.54 Å². The number of nitrogens with one attached hydrogen (secondary N) is 2. The molecule has 4 rings (SSSR count). The fourth-order valence-electron chi connectivity index (χ4n) is 4.27. The van der Waals surface area contributed by atoms with Crippen LogP contribution in [0.15, 0.2) is 47.4 Å². The predicted molar refractivity (Wildman–Crippen MR) is 135 cm³/mol. The minimum absolute atomic E-state index is 0.0453. The van der Waals surface area contributed by atoms with Crippen molar-refractivity contribution >= 4 is 28.4 Å². The third kappa shape index (κ3) is 4.58. The maximum atomic E-state index is 13.9. The minimum atomic E-state index is -0.609. The van der Waals surface area contributed by atoms with Crippen LogP contribution in [-0.4, -0.2) is 15.5 Å². The Morgan fingerprint density at radius 2 is 1.94 bits per heavy atom. The average Bonchev–Trinajstić information content (AvgIpc) is 3.14. The van der Waals surface area contributed by atoms with Crippen molar-refractivity contribution in [2.24, 2.45) is 0 Å². The Balaban J connectivity index is 1.84. The maximum absolute atomic E-state index is 13.9. The topological polar surface area (TPSA) is 90.7 Å². The molecule has 2 aromatic heterocycles. The molecule has 0 fully saturated rings. The summed E-state index contributed by atoms with van der Waals surface area (Å²) in [6.45, 7) is 7.67. The molecular formula is C27H24ClFN4O2. The predicted octanol–water partition coefficient (Wildman–Crippen LogP) is 5.79. The number of aryl methyl sites for hydroxylation is 2. The molecule has 2 N–H and O–H groups in total. The van der Waals surface area contributed by atoms with Crippen molar-refractivity contribution in [1.29, 1.82) is 5.26 Å². The van der Waals surface area contributed by atoms with Gasteiger partial charge in [-0.3, -0.25) is 9.59 Å². The van der Waals surface area contributed by atoms with E-state index in [1.807, 2.05) is 43.5 Å². The number of fused-ring (bicyclic) bond motifs is 1. The molecule has 0 saturated heterocycles. The molecule has 35 heavy (non-hydrogen) atoms. The summed E-state index contributed by atoms with van der Waals surface area (Å²) in [6, 6.07) is 11.6. The van der Waals surface area contributed by atoms with E-state index >= 15 is 0 Å². The number of H-pyrrole nitrogens is 1. The third-order valence-electron chi connectivity index (χ3n) is 6.03. The standard InChI is InChI=1S/C27H24ClFN4O2/c1-14(2)33-13-22(28)25-20(26(34)31-12-21-15(3)7-16(4)32-27(21)35)9-18(10-24(25)33)17-5-6-23(29)19(8-17)11-30/h5-10,13-14H,12H2,1-4H3,(H,31,34)(H,32,35). The number of pyridine rings is 1. The number of nitrogens with zero attached hydrogens (tertiary/aromatic N) is 2. The molecule has 0 aliphatic rings. The lowest BCUT2D eigenvalue weighted by atomic mass is 9.98. The summed E-state index contributed by atoms with van der Waals surface area (Å²) in [6.07, 6.45) is 1.78. The van der Waals surface area contributed by atoms with Crippen molar-refractivity contribution in [2.45, 2.75) is 40.3 Å². The van der Waals surface area contributed by atoms with Crippen molar-refractivity contribution in [2.75, 3.05) is 0 Å². The quantitative estimate of drug-likeness (QED) is 0.371. The molecule has 0 aliphatic carbocycles.